The van der Waals surface area contributed by atoms with Crippen molar-refractivity contribution < 1.29 is 34.2 Å². The second-order valence-corrected chi connectivity index (χ2v) is 6.30. The van der Waals surface area contributed by atoms with Crippen molar-refractivity contribution in [1.82, 2.24) is 16.0 Å². The third-order valence-corrected chi connectivity index (χ3v) is 3.82. The maximum absolute atomic E-state index is 12.0. The topological polar surface area (TPSA) is 188 Å². The van der Waals surface area contributed by atoms with E-state index in [0.717, 1.165) is 5.56 Å². The molecule has 3 amide bonds. The molecule has 29 heavy (non-hydrogen) atoms. The van der Waals surface area contributed by atoms with Crippen LogP contribution in [0.5, 0.6) is 0 Å². The normalized spacial score (nSPS) is 13.4. The Morgan fingerprint density at radius 2 is 1.62 bits per heavy atom. The van der Waals surface area contributed by atoms with Crippen molar-refractivity contribution in [2.45, 2.75) is 37.9 Å². The van der Waals surface area contributed by atoms with Gasteiger partial charge in [0.05, 0.1) is 19.0 Å². The molecule has 0 radical (unpaired) electrons. The molecule has 0 bridgehead atoms. The molecule has 1 rings (SSSR count). The first-order valence-electron chi connectivity index (χ1n) is 8.71. The number of carboxylic acid groups (broad SMARTS) is 2. The number of carboxylic acids is 2. The fourth-order valence-corrected chi connectivity index (χ4v) is 2.26. The van der Waals surface area contributed by atoms with Crippen molar-refractivity contribution in [2.75, 3.05) is 6.54 Å². The van der Waals surface area contributed by atoms with E-state index in [0.29, 0.717) is 0 Å². The van der Waals surface area contributed by atoms with Crippen molar-refractivity contribution in [2.24, 2.45) is 5.73 Å². The maximum atomic E-state index is 12.0. The molecule has 7 N–H and O–H groups in total. The van der Waals surface area contributed by atoms with Gasteiger partial charge in [-0.25, -0.2) is 0 Å². The molecule has 11 heteroatoms. The van der Waals surface area contributed by atoms with Crippen LogP contribution in [0.4, 0.5) is 0 Å². The molecule has 1 aromatic rings. The van der Waals surface area contributed by atoms with Crippen LogP contribution in [0.1, 0.15) is 18.9 Å². The van der Waals surface area contributed by atoms with E-state index in [1.807, 2.05) is 6.07 Å². The van der Waals surface area contributed by atoms with Gasteiger partial charge in [-0.3, -0.25) is 24.0 Å². The van der Waals surface area contributed by atoms with Gasteiger partial charge in [-0.2, -0.15) is 0 Å². The highest BCUT2D eigenvalue weighted by molar-refractivity contribution is 5.94. The quantitative estimate of drug-likeness (QED) is 0.248. The van der Waals surface area contributed by atoms with Gasteiger partial charge in [-0.15, -0.1) is 0 Å². The largest absolute Gasteiger partial charge is 0.481 e. The van der Waals surface area contributed by atoms with Gasteiger partial charge < -0.3 is 31.9 Å². The van der Waals surface area contributed by atoms with E-state index in [9.17, 15) is 24.0 Å². The molecule has 11 nitrogen and oxygen atoms in total. The molecule has 0 fully saturated rings. The van der Waals surface area contributed by atoms with Crippen molar-refractivity contribution in [1.29, 1.82) is 0 Å². The van der Waals surface area contributed by atoms with Crippen LogP contribution >= 0.6 is 0 Å². The summed E-state index contributed by atoms with van der Waals surface area (Å²) in [5.41, 5.74) is 6.63. The van der Waals surface area contributed by atoms with Crippen LogP contribution in [0.2, 0.25) is 0 Å². The molecule has 0 heterocycles. The number of hydrogen-bond donors (Lipinski definition) is 6. The van der Waals surface area contributed by atoms with Gasteiger partial charge >= 0.3 is 11.9 Å². The molecule has 0 aliphatic heterocycles. The SMILES string of the molecule is CC(NC(=O)C(CC(=O)O)NC(=O)CNC(=O)C(N)Cc1ccccc1)C(=O)O. The van der Waals surface area contributed by atoms with Crippen LogP contribution in [-0.2, 0) is 30.4 Å². The zero-order valence-electron chi connectivity index (χ0n) is 15.8. The van der Waals surface area contributed by atoms with Crippen LogP contribution < -0.4 is 21.7 Å². The molecule has 0 saturated heterocycles. The predicted octanol–water partition coefficient (Wildman–Crippen LogP) is -1.78. The van der Waals surface area contributed by atoms with E-state index in [4.69, 9.17) is 15.9 Å². The van der Waals surface area contributed by atoms with E-state index in [2.05, 4.69) is 16.0 Å². The number of benzene rings is 1. The summed E-state index contributed by atoms with van der Waals surface area (Å²) in [6.07, 6.45) is -0.503. The minimum absolute atomic E-state index is 0.255. The summed E-state index contributed by atoms with van der Waals surface area (Å²) >= 11 is 0. The van der Waals surface area contributed by atoms with Crippen LogP contribution in [0.3, 0.4) is 0 Å². The molecule has 0 saturated carbocycles. The highest BCUT2D eigenvalue weighted by atomic mass is 16.4. The second kappa shape index (κ2) is 11.4. The summed E-state index contributed by atoms with van der Waals surface area (Å²) in [4.78, 5) is 57.7. The summed E-state index contributed by atoms with van der Waals surface area (Å²) < 4.78 is 0. The Morgan fingerprint density at radius 3 is 2.17 bits per heavy atom. The Kier molecular flexibility index (Phi) is 9.26. The second-order valence-electron chi connectivity index (χ2n) is 6.30. The number of carbonyl (C=O) groups excluding carboxylic acids is 3. The van der Waals surface area contributed by atoms with Crippen LogP contribution in [0.15, 0.2) is 30.3 Å². The molecule has 1 aromatic carbocycles. The number of carbonyl (C=O) groups is 5. The Hall–Kier alpha value is -3.47. The number of rotatable bonds is 11. The molecule has 0 aliphatic carbocycles. The molecule has 158 valence electrons. The first-order chi connectivity index (χ1) is 13.6. The third kappa shape index (κ3) is 8.84. The van der Waals surface area contributed by atoms with Gasteiger partial charge in [0.25, 0.3) is 0 Å². The summed E-state index contributed by atoms with van der Waals surface area (Å²) in [5, 5.41) is 24.2. The van der Waals surface area contributed by atoms with Gasteiger partial charge in [0.1, 0.15) is 12.1 Å². The van der Waals surface area contributed by atoms with Crippen molar-refractivity contribution in [3.8, 4) is 0 Å². The van der Waals surface area contributed by atoms with Crippen LogP contribution in [-0.4, -0.2) is 64.5 Å². The Labute approximate surface area is 166 Å². The fourth-order valence-electron chi connectivity index (χ4n) is 2.26. The standard InChI is InChI=1S/C18H24N4O7/c1-10(18(28)29)21-17(27)13(8-15(24)25)22-14(23)9-20-16(26)12(19)7-11-5-3-2-4-6-11/h2-6,10,12-13H,7-9,19H2,1H3,(H,20,26)(H,21,27)(H,22,23)(H,24,25)(H,28,29). The molecule has 3 unspecified atom stereocenters. The minimum Gasteiger partial charge on any atom is -0.481 e. The summed E-state index contributed by atoms with van der Waals surface area (Å²) in [6.45, 7) is 0.660. The highest BCUT2D eigenvalue weighted by Crippen LogP contribution is 2.02. The van der Waals surface area contributed by atoms with Gasteiger partial charge in [0.2, 0.25) is 17.7 Å². The Bertz CT molecular complexity index is 754. The van der Waals surface area contributed by atoms with E-state index in [-0.39, 0.29) is 6.42 Å². The smallest absolute Gasteiger partial charge is 0.325 e. The molecule has 0 aromatic heterocycles. The van der Waals surface area contributed by atoms with Gasteiger partial charge in [-0.05, 0) is 18.9 Å². The lowest BCUT2D eigenvalue weighted by Crippen LogP contribution is -2.53. The zero-order valence-corrected chi connectivity index (χ0v) is 15.8. The number of amides is 3. The summed E-state index contributed by atoms with van der Waals surface area (Å²) in [5.74, 6) is -5.08. The average molecular weight is 408 g/mol. The third-order valence-electron chi connectivity index (χ3n) is 3.82. The van der Waals surface area contributed by atoms with E-state index >= 15 is 0 Å². The fraction of sp³-hybridized carbons (Fsp3) is 0.389. The molecular weight excluding hydrogens is 384 g/mol. The highest BCUT2D eigenvalue weighted by Gasteiger charge is 2.26. The van der Waals surface area contributed by atoms with E-state index in [1.165, 1.54) is 6.92 Å². The monoisotopic (exact) mass is 408 g/mol. The molecule has 3 atom stereocenters. The molecular formula is C18H24N4O7. The van der Waals surface area contributed by atoms with Gasteiger partial charge in [-0.1, -0.05) is 30.3 Å². The number of nitrogens with one attached hydrogen (secondary N) is 3. The first kappa shape index (κ1) is 23.6. The minimum atomic E-state index is -1.50. The van der Waals surface area contributed by atoms with Crippen molar-refractivity contribution in [3.05, 3.63) is 35.9 Å². The van der Waals surface area contributed by atoms with Crippen molar-refractivity contribution >= 4 is 29.7 Å². The Balaban J connectivity index is 2.56. The number of nitrogens with two attached hydrogens (primary N) is 1. The van der Waals surface area contributed by atoms with Crippen molar-refractivity contribution in [3.63, 3.8) is 0 Å². The maximum Gasteiger partial charge on any atom is 0.325 e. The summed E-state index contributed by atoms with van der Waals surface area (Å²) in [7, 11) is 0. The van der Waals surface area contributed by atoms with E-state index < -0.39 is 60.8 Å². The summed E-state index contributed by atoms with van der Waals surface area (Å²) in [6, 6.07) is 5.33. The average Bonchev–Trinajstić information content (AvgIpc) is 2.65. The lowest BCUT2D eigenvalue weighted by Gasteiger charge is -2.19. The van der Waals surface area contributed by atoms with E-state index in [1.54, 1.807) is 24.3 Å². The van der Waals surface area contributed by atoms with Gasteiger partial charge in [0, 0.05) is 0 Å². The lowest BCUT2D eigenvalue weighted by molar-refractivity contribution is -0.143. The number of aliphatic carboxylic acids is 2. The number of hydrogen-bond acceptors (Lipinski definition) is 6. The molecule has 0 spiro atoms. The van der Waals surface area contributed by atoms with Gasteiger partial charge in [0.15, 0.2) is 0 Å². The molecule has 0 aliphatic rings. The first-order valence-corrected chi connectivity index (χ1v) is 8.71. The zero-order chi connectivity index (χ0) is 22.0. The van der Waals surface area contributed by atoms with Crippen LogP contribution in [0, 0.1) is 0 Å². The van der Waals surface area contributed by atoms with Crippen LogP contribution in [0.25, 0.3) is 0 Å². The predicted molar refractivity (Wildman–Crippen MR) is 101 cm³/mol. The lowest BCUT2D eigenvalue weighted by atomic mass is 10.1. The Morgan fingerprint density at radius 1 is 1.00 bits per heavy atom.